The van der Waals surface area contributed by atoms with Crippen molar-refractivity contribution in [2.75, 3.05) is 6.54 Å². The van der Waals surface area contributed by atoms with Gasteiger partial charge in [-0.25, -0.2) is 4.98 Å². The second-order valence-electron chi connectivity index (χ2n) is 8.21. The summed E-state index contributed by atoms with van der Waals surface area (Å²) in [6.45, 7) is 3.01. The molecule has 0 saturated heterocycles. The van der Waals surface area contributed by atoms with Crippen LogP contribution in [-0.2, 0) is 11.3 Å². The zero-order chi connectivity index (χ0) is 22.9. The number of carbonyl (C=O) groups is 2. The number of nitrogens with zero attached hydrogens (tertiary/aromatic N) is 3. The number of imidazole rings is 1. The highest BCUT2D eigenvalue weighted by Crippen LogP contribution is 2.39. The Hall–Kier alpha value is -4.13. The van der Waals surface area contributed by atoms with E-state index in [0.29, 0.717) is 25.1 Å². The quantitative estimate of drug-likeness (QED) is 0.423. The second-order valence-corrected chi connectivity index (χ2v) is 8.21. The normalized spacial score (nSPS) is 16.2. The van der Waals surface area contributed by atoms with E-state index in [1.807, 2.05) is 60.2 Å². The minimum atomic E-state index is -0.693. The Labute approximate surface area is 190 Å². The van der Waals surface area contributed by atoms with Crippen molar-refractivity contribution in [3.8, 4) is 0 Å². The summed E-state index contributed by atoms with van der Waals surface area (Å²) in [4.78, 5) is 32.2. The highest BCUT2D eigenvalue weighted by Gasteiger charge is 2.44. The van der Waals surface area contributed by atoms with E-state index in [2.05, 4.69) is 4.98 Å². The zero-order valence-corrected chi connectivity index (χ0v) is 18.1. The summed E-state index contributed by atoms with van der Waals surface area (Å²) >= 11 is 0. The van der Waals surface area contributed by atoms with Gasteiger partial charge in [-0.2, -0.15) is 0 Å². The van der Waals surface area contributed by atoms with Crippen molar-refractivity contribution in [2.45, 2.75) is 25.9 Å². The van der Waals surface area contributed by atoms with Crippen LogP contribution in [0.15, 0.2) is 89.1 Å². The summed E-state index contributed by atoms with van der Waals surface area (Å²) in [5.41, 5.74) is 2.45. The van der Waals surface area contributed by atoms with Crippen molar-refractivity contribution < 1.29 is 19.1 Å². The van der Waals surface area contributed by atoms with Gasteiger partial charge in [-0.1, -0.05) is 48.0 Å². The molecule has 7 heteroatoms. The lowest BCUT2D eigenvalue weighted by molar-refractivity contribution is -0.129. The molecule has 1 atom stereocenters. The number of aromatic nitrogens is 2. The van der Waals surface area contributed by atoms with E-state index in [-0.39, 0.29) is 11.3 Å². The fourth-order valence-electron chi connectivity index (χ4n) is 4.28. The van der Waals surface area contributed by atoms with E-state index in [0.717, 1.165) is 16.5 Å². The third kappa shape index (κ3) is 3.82. The van der Waals surface area contributed by atoms with Crippen LogP contribution in [-0.4, -0.2) is 37.8 Å². The molecule has 2 aromatic carbocycles. The van der Waals surface area contributed by atoms with Gasteiger partial charge in [-0.05, 0) is 31.0 Å². The Kier molecular flexibility index (Phi) is 5.30. The van der Waals surface area contributed by atoms with Gasteiger partial charge in [0, 0.05) is 30.9 Å². The number of aryl methyl sites for hydroxylation is 2. The number of furan rings is 1. The molecule has 5 rings (SSSR count). The molecule has 7 nitrogen and oxygen atoms in total. The van der Waals surface area contributed by atoms with Crippen LogP contribution >= 0.6 is 0 Å². The van der Waals surface area contributed by atoms with Crippen LogP contribution in [0.4, 0.5) is 0 Å². The molecule has 2 aromatic heterocycles. The molecule has 4 aromatic rings. The molecular weight excluding hydrogens is 418 g/mol. The lowest BCUT2D eigenvalue weighted by atomic mass is 9.94. The molecule has 0 radical (unpaired) electrons. The van der Waals surface area contributed by atoms with E-state index >= 15 is 0 Å². The lowest BCUT2D eigenvalue weighted by Crippen LogP contribution is -2.32. The summed E-state index contributed by atoms with van der Waals surface area (Å²) in [6, 6.07) is 15.9. The summed E-state index contributed by atoms with van der Waals surface area (Å²) in [6.07, 6.45) is 5.92. The van der Waals surface area contributed by atoms with Gasteiger partial charge in [0.05, 0.1) is 17.9 Å². The van der Waals surface area contributed by atoms with Gasteiger partial charge in [0.25, 0.3) is 5.91 Å². The Morgan fingerprint density at radius 1 is 1.12 bits per heavy atom. The average Bonchev–Trinajstić information content (AvgIpc) is 3.54. The topological polar surface area (TPSA) is 88.6 Å². The standard InChI is InChI=1S/C26H23N3O4/c1-17-7-9-18(10-8-17)23-22(24(30)21-15-19-5-2-3-6-20(19)33-21)25(31)26(32)29(23)13-4-12-28-14-11-27-16-28/h2-3,5-11,14-16,23,31H,4,12-13H2,1H3/t23-/m0/s1. The van der Waals surface area contributed by atoms with Gasteiger partial charge < -0.3 is 19.0 Å². The van der Waals surface area contributed by atoms with Gasteiger partial charge in [-0.15, -0.1) is 0 Å². The summed E-state index contributed by atoms with van der Waals surface area (Å²) in [7, 11) is 0. The summed E-state index contributed by atoms with van der Waals surface area (Å²) in [5.74, 6) is -1.46. The smallest absolute Gasteiger partial charge is 0.290 e. The number of hydrogen-bond acceptors (Lipinski definition) is 5. The van der Waals surface area contributed by atoms with Crippen LogP contribution in [0.25, 0.3) is 11.0 Å². The largest absolute Gasteiger partial charge is 0.503 e. The molecular formula is C26H23N3O4. The molecule has 33 heavy (non-hydrogen) atoms. The van der Waals surface area contributed by atoms with Crippen molar-refractivity contribution in [1.82, 2.24) is 14.5 Å². The first-order chi connectivity index (χ1) is 16.0. The van der Waals surface area contributed by atoms with E-state index < -0.39 is 23.5 Å². The molecule has 0 bridgehead atoms. The highest BCUT2D eigenvalue weighted by atomic mass is 16.3. The molecule has 0 unspecified atom stereocenters. The maximum atomic E-state index is 13.5. The third-order valence-corrected chi connectivity index (χ3v) is 5.97. The van der Waals surface area contributed by atoms with Gasteiger partial charge in [0.2, 0.25) is 5.78 Å². The number of aliphatic hydroxyl groups is 1. The average molecular weight is 441 g/mol. The molecule has 0 aliphatic carbocycles. The number of hydrogen-bond donors (Lipinski definition) is 1. The number of aliphatic hydroxyl groups excluding tert-OH is 1. The number of para-hydroxylation sites is 1. The van der Waals surface area contributed by atoms with Crippen LogP contribution in [0.5, 0.6) is 0 Å². The number of Topliss-reactive ketones (excluding diaryl/α,β-unsaturated/α-hetero) is 1. The highest BCUT2D eigenvalue weighted by molar-refractivity contribution is 6.16. The molecule has 3 heterocycles. The van der Waals surface area contributed by atoms with Gasteiger partial charge in [0.1, 0.15) is 5.58 Å². The minimum absolute atomic E-state index is 0.0468. The van der Waals surface area contributed by atoms with Crippen LogP contribution in [0.1, 0.15) is 34.1 Å². The van der Waals surface area contributed by atoms with E-state index in [9.17, 15) is 14.7 Å². The summed E-state index contributed by atoms with van der Waals surface area (Å²) in [5, 5.41) is 11.6. The van der Waals surface area contributed by atoms with Crippen LogP contribution < -0.4 is 0 Å². The first-order valence-corrected chi connectivity index (χ1v) is 10.8. The first kappa shape index (κ1) is 20.8. The monoisotopic (exact) mass is 441 g/mol. The Bertz CT molecular complexity index is 1320. The first-order valence-electron chi connectivity index (χ1n) is 10.8. The number of rotatable bonds is 7. The SMILES string of the molecule is Cc1ccc([C@H]2C(C(=O)c3cc4ccccc4o3)=C(O)C(=O)N2CCCn2ccnc2)cc1. The van der Waals surface area contributed by atoms with E-state index in [1.165, 1.54) is 0 Å². The van der Waals surface area contributed by atoms with E-state index in [4.69, 9.17) is 4.42 Å². The Morgan fingerprint density at radius 3 is 2.64 bits per heavy atom. The number of ketones is 1. The molecule has 0 saturated carbocycles. The van der Waals surface area contributed by atoms with Crippen molar-refractivity contribution in [1.29, 1.82) is 0 Å². The molecule has 1 aliphatic rings. The summed E-state index contributed by atoms with van der Waals surface area (Å²) < 4.78 is 7.69. The fraction of sp³-hybridized carbons (Fsp3) is 0.192. The van der Waals surface area contributed by atoms with Gasteiger partial charge in [-0.3, -0.25) is 9.59 Å². The van der Waals surface area contributed by atoms with Crippen LogP contribution in [0, 0.1) is 6.92 Å². The molecule has 1 N–H and O–H groups in total. The lowest BCUT2D eigenvalue weighted by Gasteiger charge is -2.27. The van der Waals surface area contributed by atoms with Crippen molar-refractivity contribution >= 4 is 22.7 Å². The molecule has 1 aliphatic heterocycles. The predicted molar refractivity (Wildman–Crippen MR) is 123 cm³/mol. The fourth-order valence-corrected chi connectivity index (χ4v) is 4.28. The molecule has 0 fully saturated rings. The zero-order valence-electron chi connectivity index (χ0n) is 18.1. The van der Waals surface area contributed by atoms with Gasteiger partial charge >= 0.3 is 0 Å². The Balaban J connectivity index is 1.50. The minimum Gasteiger partial charge on any atom is -0.503 e. The van der Waals surface area contributed by atoms with Gasteiger partial charge in [0.15, 0.2) is 11.5 Å². The Morgan fingerprint density at radius 2 is 1.91 bits per heavy atom. The molecule has 0 spiro atoms. The maximum Gasteiger partial charge on any atom is 0.290 e. The van der Waals surface area contributed by atoms with Crippen molar-refractivity contribution in [3.05, 3.63) is 102 Å². The van der Waals surface area contributed by atoms with Crippen LogP contribution in [0.2, 0.25) is 0 Å². The molecule has 1 amide bonds. The third-order valence-electron chi connectivity index (χ3n) is 5.97. The maximum absolute atomic E-state index is 13.5. The number of fused-ring (bicyclic) bond motifs is 1. The molecule has 166 valence electrons. The van der Waals surface area contributed by atoms with E-state index in [1.54, 1.807) is 29.6 Å². The number of carbonyl (C=O) groups excluding carboxylic acids is 2. The predicted octanol–water partition coefficient (Wildman–Crippen LogP) is 4.61. The van der Waals surface area contributed by atoms with Crippen LogP contribution in [0.3, 0.4) is 0 Å². The van der Waals surface area contributed by atoms with Crippen molar-refractivity contribution in [2.24, 2.45) is 0 Å². The second kappa shape index (κ2) is 8.43. The number of amides is 1. The number of benzene rings is 2. The van der Waals surface area contributed by atoms with Crippen molar-refractivity contribution in [3.63, 3.8) is 0 Å².